The summed E-state index contributed by atoms with van der Waals surface area (Å²) in [4.78, 5) is 19.6. The van der Waals surface area contributed by atoms with Gasteiger partial charge in [-0.15, -0.1) is 0 Å². The van der Waals surface area contributed by atoms with Gasteiger partial charge in [0, 0.05) is 17.8 Å². The van der Waals surface area contributed by atoms with Crippen LogP contribution in [0.2, 0.25) is 0 Å². The number of rotatable bonds is 2. The fraction of sp³-hybridized carbons (Fsp3) is 0.364. The van der Waals surface area contributed by atoms with Gasteiger partial charge < -0.3 is 4.57 Å². The number of nitrogens with zero attached hydrogens (tertiary/aromatic N) is 3. The molecular formula is C11H13N3O. The first-order valence-electron chi connectivity index (χ1n) is 4.93. The van der Waals surface area contributed by atoms with E-state index in [1.165, 1.54) is 6.92 Å². The molecule has 0 spiro atoms. The number of aromatic nitrogens is 3. The Balaban J connectivity index is 2.61. The molecule has 0 bridgehead atoms. The topological polar surface area (TPSA) is 47.8 Å². The molecule has 0 aromatic carbocycles. The van der Waals surface area contributed by atoms with Gasteiger partial charge in [0.05, 0.1) is 6.33 Å². The number of fused-ring (bicyclic) bond motifs is 1. The van der Waals surface area contributed by atoms with Gasteiger partial charge in [-0.3, -0.25) is 4.79 Å². The minimum absolute atomic E-state index is 0.0171. The Morgan fingerprint density at radius 1 is 1.40 bits per heavy atom. The predicted octanol–water partition coefficient (Wildman–Crippen LogP) is 2.21. The van der Waals surface area contributed by atoms with Crippen molar-refractivity contribution in [3.63, 3.8) is 0 Å². The maximum Gasteiger partial charge on any atom is 0.161 e. The molecule has 0 aliphatic rings. The highest BCUT2D eigenvalue weighted by Crippen LogP contribution is 2.16. The smallest absolute Gasteiger partial charge is 0.161 e. The molecule has 78 valence electrons. The molecule has 0 amide bonds. The van der Waals surface area contributed by atoms with E-state index in [0.717, 1.165) is 11.2 Å². The molecule has 4 nitrogen and oxygen atoms in total. The van der Waals surface area contributed by atoms with Crippen LogP contribution in [-0.2, 0) is 0 Å². The lowest BCUT2D eigenvalue weighted by Gasteiger charge is -2.06. The SMILES string of the molecule is CC(=O)c1cnc2c(c1)ncn2C(C)C. The van der Waals surface area contributed by atoms with Crippen molar-refractivity contribution in [2.45, 2.75) is 26.8 Å². The number of ketones is 1. The summed E-state index contributed by atoms with van der Waals surface area (Å²) in [5.41, 5.74) is 2.21. The molecule has 0 N–H and O–H groups in total. The van der Waals surface area contributed by atoms with E-state index in [1.807, 2.05) is 4.57 Å². The van der Waals surface area contributed by atoms with Crippen LogP contribution in [0.5, 0.6) is 0 Å². The van der Waals surface area contributed by atoms with Gasteiger partial charge in [0.2, 0.25) is 0 Å². The molecule has 2 rings (SSSR count). The molecule has 0 saturated carbocycles. The minimum Gasteiger partial charge on any atom is -0.313 e. The van der Waals surface area contributed by atoms with Crippen molar-refractivity contribution in [3.05, 3.63) is 24.2 Å². The van der Waals surface area contributed by atoms with Crippen LogP contribution in [0.25, 0.3) is 11.2 Å². The van der Waals surface area contributed by atoms with Crippen LogP contribution in [0.4, 0.5) is 0 Å². The number of Topliss-reactive ketones (excluding diaryl/α,β-unsaturated/α-hetero) is 1. The minimum atomic E-state index is 0.0171. The van der Waals surface area contributed by atoms with Gasteiger partial charge in [-0.25, -0.2) is 9.97 Å². The average Bonchev–Trinajstić information content (AvgIpc) is 2.59. The van der Waals surface area contributed by atoms with E-state index >= 15 is 0 Å². The van der Waals surface area contributed by atoms with Crippen LogP contribution >= 0.6 is 0 Å². The summed E-state index contributed by atoms with van der Waals surface area (Å²) in [7, 11) is 0. The highest BCUT2D eigenvalue weighted by molar-refractivity contribution is 5.96. The van der Waals surface area contributed by atoms with Crippen LogP contribution in [0.15, 0.2) is 18.6 Å². The number of carbonyl (C=O) groups excluding carboxylic acids is 1. The molecule has 0 fully saturated rings. The number of pyridine rings is 1. The zero-order chi connectivity index (χ0) is 11.0. The number of hydrogen-bond acceptors (Lipinski definition) is 3. The Morgan fingerprint density at radius 2 is 2.13 bits per heavy atom. The van der Waals surface area contributed by atoms with Crippen LogP contribution in [0, 0.1) is 0 Å². The summed E-state index contributed by atoms with van der Waals surface area (Å²) in [6.45, 7) is 5.67. The molecule has 2 aromatic rings. The molecule has 4 heteroatoms. The summed E-state index contributed by atoms with van der Waals surface area (Å²) in [6.07, 6.45) is 3.36. The number of hydrogen-bond donors (Lipinski definition) is 0. The van der Waals surface area contributed by atoms with E-state index in [-0.39, 0.29) is 5.78 Å². The lowest BCUT2D eigenvalue weighted by Crippen LogP contribution is -2.00. The van der Waals surface area contributed by atoms with Crippen molar-refractivity contribution in [1.29, 1.82) is 0 Å². The highest BCUT2D eigenvalue weighted by Gasteiger charge is 2.08. The van der Waals surface area contributed by atoms with Crippen molar-refractivity contribution >= 4 is 16.9 Å². The normalized spacial score (nSPS) is 11.2. The molecule has 2 aromatic heterocycles. The summed E-state index contributed by atoms with van der Waals surface area (Å²) in [6, 6.07) is 2.11. The van der Waals surface area contributed by atoms with Crippen molar-refractivity contribution in [3.8, 4) is 0 Å². The quantitative estimate of drug-likeness (QED) is 0.703. The zero-order valence-corrected chi connectivity index (χ0v) is 9.06. The van der Waals surface area contributed by atoms with Crippen molar-refractivity contribution in [2.75, 3.05) is 0 Å². The predicted molar refractivity (Wildman–Crippen MR) is 57.9 cm³/mol. The first-order chi connectivity index (χ1) is 7.09. The van der Waals surface area contributed by atoms with E-state index in [4.69, 9.17) is 0 Å². The van der Waals surface area contributed by atoms with Gasteiger partial charge in [-0.05, 0) is 26.8 Å². The third-order valence-corrected chi connectivity index (χ3v) is 2.38. The van der Waals surface area contributed by atoms with Crippen LogP contribution in [0.3, 0.4) is 0 Å². The molecule has 0 aliphatic carbocycles. The second-order valence-corrected chi connectivity index (χ2v) is 3.87. The molecular weight excluding hydrogens is 190 g/mol. The lowest BCUT2D eigenvalue weighted by molar-refractivity contribution is 0.101. The Bertz CT molecular complexity index is 514. The molecule has 0 aliphatic heterocycles. The van der Waals surface area contributed by atoms with Crippen LogP contribution < -0.4 is 0 Å². The summed E-state index contributed by atoms with van der Waals surface area (Å²) in [5, 5.41) is 0. The Kier molecular flexibility index (Phi) is 2.26. The maximum atomic E-state index is 11.2. The molecule has 2 heterocycles. The molecule has 0 atom stereocenters. The highest BCUT2D eigenvalue weighted by atomic mass is 16.1. The molecule has 0 radical (unpaired) electrons. The van der Waals surface area contributed by atoms with E-state index in [1.54, 1.807) is 18.6 Å². The van der Waals surface area contributed by atoms with Crippen molar-refractivity contribution in [1.82, 2.24) is 14.5 Å². The standard InChI is InChI=1S/C11H13N3O/c1-7(2)14-6-13-10-4-9(8(3)15)5-12-11(10)14/h4-7H,1-3H3. The summed E-state index contributed by atoms with van der Waals surface area (Å²) in [5.74, 6) is 0.0171. The summed E-state index contributed by atoms with van der Waals surface area (Å²) >= 11 is 0. The van der Waals surface area contributed by atoms with Gasteiger partial charge in [0.1, 0.15) is 5.52 Å². The lowest BCUT2D eigenvalue weighted by atomic mass is 10.2. The van der Waals surface area contributed by atoms with Crippen molar-refractivity contribution < 1.29 is 4.79 Å². The third kappa shape index (κ3) is 1.63. The second-order valence-electron chi connectivity index (χ2n) is 3.87. The van der Waals surface area contributed by atoms with Crippen LogP contribution in [-0.4, -0.2) is 20.3 Å². The first kappa shape index (κ1) is 9.83. The number of carbonyl (C=O) groups is 1. The molecule has 0 unspecified atom stereocenters. The largest absolute Gasteiger partial charge is 0.313 e. The molecule has 0 saturated heterocycles. The maximum absolute atomic E-state index is 11.2. The van der Waals surface area contributed by atoms with Gasteiger partial charge in [0.15, 0.2) is 11.4 Å². The van der Waals surface area contributed by atoms with Gasteiger partial charge in [-0.1, -0.05) is 0 Å². The number of imidazole rings is 1. The monoisotopic (exact) mass is 203 g/mol. The third-order valence-electron chi connectivity index (χ3n) is 2.38. The Hall–Kier alpha value is -1.71. The zero-order valence-electron chi connectivity index (χ0n) is 9.06. The Labute approximate surface area is 88.0 Å². The van der Waals surface area contributed by atoms with E-state index in [0.29, 0.717) is 11.6 Å². The summed E-state index contributed by atoms with van der Waals surface area (Å²) < 4.78 is 1.99. The van der Waals surface area contributed by atoms with E-state index in [9.17, 15) is 4.79 Å². The van der Waals surface area contributed by atoms with E-state index < -0.39 is 0 Å². The second kappa shape index (κ2) is 3.46. The van der Waals surface area contributed by atoms with Gasteiger partial charge >= 0.3 is 0 Å². The van der Waals surface area contributed by atoms with Gasteiger partial charge in [0.25, 0.3) is 0 Å². The van der Waals surface area contributed by atoms with E-state index in [2.05, 4.69) is 23.8 Å². The average molecular weight is 203 g/mol. The molecule has 15 heavy (non-hydrogen) atoms. The van der Waals surface area contributed by atoms with Crippen molar-refractivity contribution in [2.24, 2.45) is 0 Å². The first-order valence-corrected chi connectivity index (χ1v) is 4.93. The fourth-order valence-corrected chi connectivity index (χ4v) is 1.49. The van der Waals surface area contributed by atoms with Crippen LogP contribution in [0.1, 0.15) is 37.2 Å². The Morgan fingerprint density at radius 3 is 2.73 bits per heavy atom. The van der Waals surface area contributed by atoms with Gasteiger partial charge in [-0.2, -0.15) is 0 Å². The fourth-order valence-electron chi connectivity index (χ4n) is 1.49.